The van der Waals surface area contributed by atoms with Crippen LogP contribution in [0.1, 0.15) is 1.43 Å². The third-order valence-electron chi connectivity index (χ3n) is 3.42. The molecule has 1 heterocycles. The first kappa shape index (κ1) is 18.5. The first-order chi connectivity index (χ1) is 11.1. The number of halogens is 1. The van der Waals surface area contributed by atoms with Crippen molar-refractivity contribution in [2.24, 2.45) is 0 Å². The Morgan fingerprint density at radius 1 is 1.08 bits per heavy atom. The molecule has 1 aromatic heterocycles. The number of benzene rings is 2. The molecule has 0 aliphatic heterocycles. The largest absolute Gasteiger partial charge is 1.00 e. The molecule has 0 amide bonds. The molecule has 0 atom stereocenters. The number of imidazole rings is 1. The average Bonchev–Trinajstić information content (AvgIpc) is 2.85. The number of aliphatic carboxylic acids is 1. The van der Waals surface area contributed by atoms with Crippen LogP contribution in [-0.2, 0) is 11.3 Å². The number of carboxylic acids is 1. The van der Waals surface area contributed by atoms with Crippen LogP contribution in [0.3, 0.4) is 0 Å². The Bertz CT molecular complexity index is 908. The second kappa shape index (κ2) is 7.85. The summed E-state index contributed by atoms with van der Waals surface area (Å²) in [6.45, 7) is -0.390. The van der Waals surface area contributed by atoms with E-state index in [9.17, 15) is 9.59 Å². The van der Waals surface area contributed by atoms with Crippen molar-refractivity contribution in [2.45, 2.75) is 6.54 Å². The Labute approximate surface area is 166 Å². The molecule has 0 saturated heterocycles. The zero-order valence-electron chi connectivity index (χ0n) is 14.0. The van der Waals surface area contributed by atoms with Crippen LogP contribution in [0.25, 0.3) is 16.9 Å². The van der Waals surface area contributed by atoms with E-state index in [-0.39, 0.29) is 37.5 Å². The minimum atomic E-state index is -1.07. The van der Waals surface area contributed by atoms with Gasteiger partial charge in [0.15, 0.2) is 0 Å². The zero-order chi connectivity index (χ0) is 16.4. The van der Waals surface area contributed by atoms with E-state index in [2.05, 4.69) is 0 Å². The summed E-state index contributed by atoms with van der Waals surface area (Å²) < 4.78 is 2.66. The molecule has 3 rings (SSSR count). The van der Waals surface area contributed by atoms with Gasteiger partial charge in [-0.3, -0.25) is 13.9 Å². The SMILES string of the molecule is O=C(O)Cn1cc(-c2ccccc2)n(-c2ccc(Cl)cc2)c1=O.[H-].[Na+]. The first-order valence-electron chi connectivity index (χ1n) is 6.91. The summed E-state index contributed by atoms with van der Waals surface area (Å²) >= 11 is 5.90. The summed E-state index contributed by atoms with van der Waals surface area (Å²) in [5.74, 6) is -1.07. The second-order valence-electron chi connectivity index (χ2n) is 5.00. The van der Waals surface area contributed by atoms with Gasteiger partial charge in [0.2, 0.25) is 0 Å². The van der Waals surface area contributed by atoms with Crippen LogP contribution in [0.5, 0.6) is 0 Å². The number of hydrogen-bond donors (Lipinski definition) is 1. The molecular formula is C17H14ClN2NaO3. The van der Waals surface area contributed by atoms with Gasteiger partial charge in [-0.25, -0.2) is 4.79 Å². The zero-order valence-corrected chi connectivity index (χ0v) is 15.8. The quantitative estimate of drug-likeness (QED) is 0.680. The van der Waals surface area contributed by atoms with Crippen molar-refractivity contribution in [1.82, 2.24) is 9.13 Å². The van der Waals surface area contributed by atoms with Gasteiger partial charge in [0.05, 0.1) is 11.4 Å². The van der Waals surface area contributed by atoms with Gasteiger partial charge in [-0.05, 0) is 24.3 Å². The Morgan fingerprint density at radius 3 is 2.29 bits per heavy atom. The van der Waals surface area contributed by atoms with Crippen LogP contribution in [0.15, 0.2) is 65.6 Å². The normalized spacial score (nSPS) is 10.2. The smallest absolute Gasteiger partial charge is 1.00 e. The maximum absolute atomic E-state index is 12.6. The Morgan fingerprint density at radius 2 is 1.71 bits per heavy atom. The maximum Gasteiger partial charge on any atom is 1.00 e. The van der Waals surface area contributed by atoms with E-state index in [0.717, 1.165) is 5.56 Å². The molecule has 0 unspecified atom stereocenters. The van der Waals surface area contributed by atoms with Gasteiger partial charge in [-0.1, -0.05) is 41.9 Å². The number of hydrogen-bond acceptors (Lipinski definition) is 2. The summed E-state index contributed by atoms with van der Waals surface area (Å²) in [4.78, 5) is 23.6. The van der Waals surface area contributed by atoms with Gasteiger partial charge in [0, 0.05) is 16.8 Å². The summed E-state index contributed by atoms with van der Waals surface area (Å²) in [5.41, 5.74) is 1.67. The van der Waals surface area contributed by atoms with Gasteiger partial charge < -0.3 is 6.53 Å². The standard InChI is InChI=1S/C17H13ClN2O3.Na.H/c18-13-6-8-14(9-7-13)20-15(12-4-2-1-3-5-12)10-19(17(20)23)11-16(21)22;;/h1-10H,11H2,(H,21,22);;/q;+1;-1. The van der Waals surface area contributed by atoms with Gasteiger partial charge >= 0.3 is 41.2 Å². The van der Waals surface area contributed by atoms with Gasteiger partial charge in [-0.2, -0.15) is 0 Å². The van der Waals surface area contributed by atoms with Crippen molar-refractivity contribution < 1.29 is 40.9 Å². The van der Waals surface area contributed by atoms with E-state index in [1.54, 1.807) is 30.5 Å². The van der Waals surface area contributed by atoms with E-state index in [4.69, 9.17) is 16.7 Å². The summed E-state index contributed by atoms with van der Waals surface area (Å²) in [6, 6.07) is 16.2. The van der Waals surface area contributed by atoms with Crippen molar-refractivity contribution in [3.8, 4) is 16.9 Å². The molecule has 0 bridgehead atoms. The van der Waals surface area contributed by atoms with Crippen LogP contribution in [0.2, 0.25) is 5.02 Å². The molecule has 0 aliphatic carbocycles. The molecule has 5 nitrogen and oxygen atoms in total. The fourth-order valence-electron chi connectivity index (χ4n) is 2.40. The minimum absolute atomic E-state index is 0. The molecule has 24 heavy (non-hydrogen) atoms. The predicted molar refractivity (Wildman–Crippen MR) is 89.2 cm³/mol. The van der Waals surface area contributed by atoms with Crippen molar-refractivity contribution in [3.05, 3.63) is 76.3 Å². The number of nitrogens with zero attached hydrogens (tertiary/aromatic N) is 2. The Hall–Kier alpha value is -1.79. The van der Waals surface area contributed by atoms with Crippen LogP contribution >= 0.6 is 11.6 Å². The van der Waals surface area contributed by atoms with Crippen LogP contribution in [0, 0.1) is 0 Å². The third-order valence-corrected chi connectivity index (χ3v) is 3.67. The topological polar surface area (TPSA) is 64.2 Å². The van der Waals surface area contributed by atoms with Crippen molar-refractivity contribution in [2.75, 3.05) is 0 Å². The molecular weight excluding hydrogens is 339 g/mol. The van der Waals surface area contributed by atoms with E-state index in [1.807, 2.05) is 30.3 Å². The van der Waals surface area contributed by atoms with E-state index >= 15 is 0 Å². The van der Waals surface area contributed by atoms with E-state index in [1.165, 1.54) is 9.13 Å². The maximum atomic E-state index is 12.6. The van der Waals surface area contributed by atoms with Crippen LogP contribution < -0.4 is 35.2 Å². The van der Waals surface area contributed by atoms with Gasteiger partial charge in [0.25, 0.3) is 0 Å². The molecule has 7 heteroatoms. The number of carbonyl (C=O) groups is 1. The molecule has 0 radical (unpaired) electrons. The van der Waals surface area contributed by atoms with Crippen molar-refractivity contribution in [1.29, 1.82) is 0 Å². The predicted octanol–water partition coefficient (Wildman–Crippen LogP) is 0.160. The molecule has 0 fully saturated rings. The van der Waals surface area contributed by atoms with E-state index in [0.29, 0.717) is 16.4 Å². The second-order valence-corrected chi connectivity index (χ2v) is 5.43. The van der Waals surface area contributed by atoms with Gasteiger partial charge in [0.1, 0.15) is 6.54 Å². The fraction of sp³-hybridized carbons (Fsp3) is 0.0588. The molecule has 118 valence electrons. The molecule has 2 aromatic carbocycles. The number of carboxylic acid groups (broad SMARTS) is 1. The van der Waals surface area contributed by atoms with Crippen molar-refractivity contribution in [3.63, 3.8) is 0 Å². The average molecular weight is 353 g/mol. The third kappa shape index (κ3) is 3.82. The van der Waals surface area contributed by atoms with E-state index < -0.39 is 11.7 Å². The van der Waals surface area contributed by atoms with Crippen LogP contribution in [-0.4, -0.2) is 20.2 Å². The Kier molecular flexibility index (Phi) is 6.07. The first-order valence-corrected chi connectivity index (χ1v) is 7.29. The molecule has 1 N–H and O–H groups in total. The van der Waals surface area contributed by atoms with Crippen molar-refractivity contribution >= 4 is 17.6 Å². The number of aromatic nitrogens is 2. The monoisotopic (exact) mass is 352 g/mol. The molecule has 3 aromatic rings. The molecule has 0 saturated carbocycles. The van der Waals surface area contributed by atoms with Crippen LogP contribution in [0.4, 0.5) is 0 Å². The Balaban J connectivity index is 0.00000156. The number of rotatable bonds is 4. The molecule has 0 aliphatic rings. The molecule has 0 spiro atoms. The van der Waals surface area contributed by atoms with Gasteiger partial charge in [-0.15, -0.1) is 0 Å². The summed E-state index contributed by atoms with van der Waals surface area (Å²) in [7, 11) is 0. The fourth-order valence-corrected chi connectivity index (χ4v) is 2.53. The minimum Gasteiger partial charge on any atom is -1.00 e. The summed E-state index contributed by atoms with van der Waals surface area (Å²) in [5, 5.41) is 9.55. The summed E-state index contributed by atoms with van der Waals surface area (Å²) in [6.07, 6.45) is 1.56.